The van der Waals surface area contributed by atoms with E-state index in [1.54, 1.807) is 6.07 Å². The van der Waals surface area contributed by atoms with Gasteiger partial charge in [0.2, 0.25) is 11.8 Å². The molecule has 146 valence electrons. The highest BCUT2D eigenvalue weighted by Crippen LogP contribution is 2.36. The lowest BCUT2D eigenvalue weighted by molar-refractivity contribution is -0.387. The second kappa shape index (κ2) is 9.58. The summed E-state index contributed by atoms with van der Waals surface area (Å²) in [6.45, 7) is 2.46. The van der Waals surface area contributed by atoms with E-state index in [-0.39, 0.29) is 35.4 Å². The molecule has 27 heavy (non-hydrogen) atoms. The number of aromatic nitrogens is 2. The number of ether oxygens (including phenoxy) is 3. The average Bonchev–Trinajstić information content (AvgIpc) is 2.66. The van der Waals surface area contributed by atoms with Crippen molar-refractivity contribution in [2.45, 2.75) is 26.1 Å². The predicted molar refractivity (Wildman–Crippen MR) is 99.9 cm³/mol. The Morgan fingerprint density at radius 1 is 1.22 bits per heavy atom. The minimum atomic E-state index is -1.46. The molecule has 1 atom stereocenters. The Morgan fingerprint density at radius 2 is 1.85 bits per heavy atom. The summed E-state index contributed by atoms with van der Waals surface area (Å²) in [7, 11) is 2.81. The summed E-state index contributed by atoms with van der Waals surface area (Å²) < 4.78 is 16.1. The normalized spacial score (nSPS) is 11.9. The lowest BCUT2D eigenvalue weighted by Crippen LogP contribution is -2.11. The number of nitrogens with zero attached hydrogens (tertiary/aromatic N) is 3. The van der Waals surface area contributed by atoms with Crippen LogP contribution in [-0.2, 0) is 11.3 Å². The number of methoxy groups -OCH3 is 2. The van der Waals surface area contributed by atoms with Gasteiger partial charge < -0.3 is 19.3 Å². The maximum Gasteiger partial charge on any atom is 0.281 e. The van der Waals surface area contributed by atoms with E-state index in [2.05, 4.69) is 25.9 Å². The number of nitro groups is 1. The van der Waals surface area contributed by atoms with Crippen LogP contribution in [0.2, 0.25) is 0 Å². The largest absolute Gasteiger partial charge is 0.481 e. The van der Waals surface area contributed by atoms with E-state index in [1.807, 2.05) is 6.92 Å². The maximum atomic E-state index is 11.7. The molecule has 0 radical (unpaired) electrons. The molecule has 0 saturated heterocycles. The molecule has 0 aliphatic heterocycles. The number of rotatable bonds is 9. The fourth-order valence-electron chi connectivity index (χ4n) is 2.44. The first-order valence-corrected chi connectivity index (χ1v) is 8.90. The van der Waals surface area contributed by atoms with Crippen molar-refractivity contribution in [1.82, 2.24) is 9.97 Å². The molecule has 0 bridgehead atoms. The van der Waals surface area contributed by atoms with E-state index in [0.717, 1.165) is 6.42 Å². The topological polar surface area (TPSA) is 117 Å². The molecule has 9 nitrogen and oxygen atoms in total. The first-order valence-electron chi connectivity index (χ1n) is 8.10. The van der Waals surface area contributed by atoms with Gasteiger partial charge in [0.15, 0.2) is 5.82 Å². The molecule has 10 heteroatoms. The van der Waals surface area contributed by atoms with Crippen molar-refractivity contribution in [3.8, 4) is 11.8 Å². The van der Waals surface area contributed by atoms with Crippen LogP contribution in [0.5, 0.6) is 11.8 Å². The summed E-state index contributed by atoms with van der Waals surface area (Å²) in [5, 5.41) is 22.5. The van der Waals surface area contributed by atoms with Crippen LogP contribution < -0.4 is 9.47 Å². The zero-order valence-corrected chi connectivity index (χ0v) is 16.7. The van der Waals surface area contributed by atoms with Gasteiger partial charge in [-0.15, -0.1) is 0 Å². The van der Waals surface area contributed by atoms with Crippen molar-refractivity contribution < 1.29 is 24.2 Å². The summed E-state index contributed by atoms with van der Waals surface area (Å²) >= 11 is 3.32. The number of hydrogen-bond donors (Lipinski definition) is 1. The first kappa shape index (κ1) is 21.0. The molecule has 0 amide bonds. The van der Waals surface area contributed by atoms with Crippen LogP contribution in [0.3, 0.4) is 0 Å². The van der Waals surface area contributed by atoms with Gasteiger partial charge in [0, 0.05) is 11.1 Å². The van der Waals surface area contributed by atoms with Crippen molar-refractivity contribution in [2.75, 3.05) is 20.8 Å². The van der Waals surface area contributed by atoms with Gasteiger partial charge in [-0.3, -0.25) is 10.1 Å². The Morgan fingerprint density at radius 3 is 2.37 bits per heavy atom. The molecule has 2 aromatic rings. The van der Waals surface area contributed by atoms with Crippen molar-refractivity contribution in [2.24, 2.45) is 0 Å². The van der Waals surface area contributed by atoms with Crippen molar-refractivity contribution in [3.63, 3.8) is 0 Å². The van der Waals surface area contributed by atoms with Crippen LogP contribution in [0.25, 0.3) is 0 Å². The number of hydrogen-bond acceptors (Lipinski definition) is 8. The van der Waals surface area contributed by atoms with Gasteiger partial charge in [0.05, 0.1) is 42.9 Å². The molecule has 1 N–H and O–H groups in total. The molecule has 0 fully saturated rings. The SMILES string of the molecule is CCCOCc1cc(Br)cc(C(O)c2nc(OC)cc(OC)n2)c1[N+](=O)[O-]. The van der Waals surface area contributed by atoms with E-state index in [1.165, 1.54) is 26.4 Å². The van der Waals surface area contributed by atoms with Gasteiger partial charge in [0.1, 0.15) is 6.10 Å². The third-order valence-corrected chi connectivity index (χ3v) is 4.08. The molecule has 1 unspecified atom stereocenters. The third kappa shape index (κ3) is 5.12. The molecule has 0 aliphatic carbocycles. The second-order valence-electron chi connectivity index (χ2n) is 5.53. The molecule has 1 heterocycles. The highest BCUT2D eigenvalue weighted by Gasteiger charge is 2.29. The van der Waals surface area contributed by atoms with E-state index < -0.39 is 11.0 Å². The van der Waals surface area contributed by atoms with Crippen LogP contribution in [0, 0.1) is 10.1 Å². The van der Waals surface area contributed by atoms with Crippen molar-refractivity contribution in [3.05, 3.63) is 49.7 Å². The molecule has 0 saturated carbocycles. The third-order valence-electron chi connectivity index (χ3n) is 3.63. The number of nitro benzene ring substituents is 1. The first-order chi connectivity index (χ1) is 12.9. The highest BCUT2D eigenvalue weighted by molar-refractivity contribution is 9.10. The molecule has 1 aromatic heterocycles. The summed E-state index contributed by atoms with van der Waals surface area (Å²) in [6.07, 6.45) is -0.675. The Bertz CT molecular complexity index is 795. The van der Waals surface area contributed by atoms with Gasteiger partial charge in [-0.25, -0.2) is 0 Å². The fourth-order valence-corrected chi connectivity index (χ4v) is 2.96. The summed E-state index contributed by atoms with van der Waals surface area (Å²) in [4.78, 5) is 19.3. The minimum Gasteiger partial charge on any atom is -0.481 e. The van der Waals surface area contributed by atoms with Crippen LogP contribution in [-0.4, -0.2) is 40.8 Å². The van der Waals surface area contributed by atoms with E-state index in [4.69, 9.17) is 14.2 Å². The molecule has 0 spiro atoms. The molecule has 1 aromatic carbocycles. The van der Waals surface area contributed by atoms with Gasteiger partial charge in [-0.2, -0.15) is 9.97 Å². The fraction of sp³-hybridized carbons (Fsp3) is 0.412. The van der Waals surface area contributed by atoms with E-state index in [0.29, 0.717) is 16.6 Å². The van der Waals surface area contributed by atoms with Gasteiger partial charge >= 0.3 is 0 Å². The van der Waals surface area contributed by atoms with E-state index in [9.17, 15) is 15.2 Å². The smallest absolute Gasteiger partial charge is 0.281 e. The Kier molecular flexibility index (Phi) is 7.45. The van der Waals surface area contributed by atoms with Gasteiger partial charge in [0.25, 0.3) is 5.69 Å². The van der Waals surface area contributed by atoms with Crippen LogP contribution in [0.4, 0.5) is 5.69 Å². The standard InChI is InChI=1S/C17H20BrN3O6/c1-4-5-27-9-10-6-11(18)7-12(15(10)21(23)24)16(22)17-19-13(25-2)8-14(20-17)26-3/h6-8,16,22H,4-5,9H2,1-3H3. The zero-order valence-electron chi connectivity index (χ0n) is 15.1. The number of aliphatic hydroxyl groups excluding tert-OH is 1. The van der Waals surface area contributed by atoms with E-state index >= 15 is 0 Å². The van der Waals surface area contributed by atoms with Crippen LogP contribution in [0.1, 0.15) is 36.4 Å². The van der Waals surface area contributed by atoms with Crippen LogP contribution >= 0.6 is 15.9 Å². The summed E-state index contributed by atoms with van der Waals surface area (Å²) in [5.41, 5.74) is 0.138. The summed E-state index contributed by atoms with van der Waals surface area (Å²) in [6, 6.07) is 4.49. The second-order valence-corrected chi connectivity index (χ2v) is 6.44. The summed E-state index contributed by atoms with van der Waals surface area (Å²) in [5.74, 6) is 0.257. The monoisotopic (exact) mass is 441 g/mol. The molecular weight excluding hydrogens is 422 g/mol. The Hall–Kier alpha value is -2.30. The maximum absolute atomic E-state index is 11.7. The van der Waals surface area contributed by atoms with Crippen molar-refractivity contribution >= 4 is 21.6 Å². The molecule has 0 aliphatic rings. The quantitative estimate of drug-likeness (QED) is 0.358. The minimum absolute atomic E-state index is 0.0415. The lowest BCUT2D eigenvalue weighted by atomic mass is 10.0. The average molecular weight is 442 g/mol. The Labute approximate surface area is 164 Å². The Balaban J connectivity index is 2.54. The number of benzene rings is 1. The highest BCUT2D eigenvalue weighted by atomic mass is 79.9. The predicted octanol–water partition coefficient (Wildman–Crippen LogP) is 3.17. The lowest BCUT2D eigenvalue weighted by Gasteiger charge is -2.15. The molecular formula is C17H20BrN3O6. The van der Waals surface area contributed by atoms with Gasteiger partial charge in [-0.05, 0) is 18.6 Å². The number of aliphatic hydroxyl groups is 1. The van der Waals surface area contributed by atoms with Crippen molar-refractivity contribution in [1.29, 1.82) is 0 Å². The molecule has 2 rings (SSSR count). The van der Waals surface area contributed by atoms with Gasteiger partial charge in [-0.1, -0.05) is 22.9 Å². The zero-order chi connectivity index (χ0) is 20.0. The van der Waals surface area contributed by atoms with Crippen LogP contribution in [0.15, 0.2) is 22.7 Å². The number of halogens is 1.